The van der Waals surface area contributed by atoms with Crippen molar-refractivity contribution < 1.29 is 4.42 Å². The van der Waals surface area contributed by atoms with Crippen LogP contribution in [0.25, 0.3) is 0 Å². The van der Waals surface area contributed by atoms with E-state index in [1.54, 1.807) is 6.26 Å². The van der Waals surface area contributed by atoms with Gasteiger partial charge in [-0.3, -0.25) is 4.90 Å². The standard InChI is InChI=1S/C13H18N2O/c1-2-15(10-12-4-3-9-16-12)11-13(5-6-13)7-8-14/h3-4,9H,2,5-7,10-11H2,1H3. The molecule has 0 aromatic carbocycles. The topological polar surface area (TPSA) is 40.2 Å². The Morgan fingerprint density at radius 1 is 1.56 bits per heavy atom. The minimum atomic E-state index is 0.289. The van der Waals surface area contributed by atoms with Gasteiger partial charge in [0.05, 0.1) is 18.9 Å². The van der Waals surface area contributed by atoms with Gasteiger partial charge in [0.1, 0.15) is 5.76 Å². The third-order valence-electron chi connectivity index (χ3n) is 3.38. The molecule has 0 spiro atoms. The van der Waals surface area contributed by atoms with E-state index in [0.29, 0.717) is 6.42 Å². The fraction of sp³-hybridized carbons (Fsp3) is 0.615. The van der Waals surface area contributed by atoms with Crippen LogP contribution in [-0.2, 0) is 6.54 Å². The van der Waals surface area contributed by atoms with Gasteiger partial charge in [0.2, 0.25) is 0 Å². The highest BCUT2D eigenvalue weighted by atomic mass is 16.3. The number of hydrogen-bond acceptors (Lipinski definition) is 3. The second kappa shape index (κ2) is 4.71. The van der Waals surface area contributed by atoms with E-state index in [-0.39, 0.29) is 5.41 Å². The fourth-order valence-corrected chi connectivity index (χ4v) is 2.11. The van der Waals surface area contributed by atoms with Crippen molar-refractivity contribution >= 4 is 0 Å². The van der Waals surface area contributed by atoms with Crippen LogP contribution in [0.2, 0.25) is 0 Å². The lowest BCUT2D eigenvalue weighted by Gasteiger charge is -2.23. The molecule has 86 valence electrons. The molecular formula is C13H18N2O. The van der Waals surface area contributed by atoms with Crippen LogP contribution in [0.1, 0.15) is 31.9 Å². The molecule has 1 saturated carbocycles. The van der Waals surface area contributed by atoms with Gasteiger partial charge >= 0.3 is 0 Å². The molecule has 16 heavy (non-hydrogen) atoms. The summed E-state index contributed by atoms with van der Waals surface area (Å²) in [4.78, 5) is 2.36. The van der Waals surface area contributed by atoms with Gasteiger partial charge in [0.25, 0.3) is 0 Å². The highest BCUT2D eigenvalue weighted by Crippen LogP contribution is 2.49. The molecule has 3 nitrogen and oxygen atoms in total. The highest BCUT2D eigenvalue weighted by molar-refractivity contribution is 5.03. The number of nitrogens with zero attached hydrogens (tertiary/aromatic N) is 2. The number of rotatable bonds is 6. The minimum absolute atomic E-state index is 0.289. The smallest absolute Gasteiger partial charge is 0.117 e. The van der Waals surface area contributed by atoms with E-state index in [1.165, 1.54) is 12.8 Å². The van der Waals surface area contributed by atoms with Crippen LogP contribution < -0.4 is 0 Å². The first-order valence-electron chi connectivity index (χ1n) is 5.90. The number of hydrogen-bond donors (Lipinski definition) is 0. The maximum absolute atomic E-state index is 8.80. The van der Waals surface area contributed by atoms with Crippen LogP contribution in [-0.4, -0.2) is 18.0 Å². The maximum Gasteiger partial charge on any atom is 0.117 e. The van der Waals surface area contributed by atoms with E-state index in [9.17, 15) is 0 Å². The van der Waals surface area contributed by atoms with Crippen LogP contribution in [0.5, 0.6) is 0 Å². The Bertz CT molecular complexity index is 360. The summed E-state index contributed by atoms with van der Waals surface area (Å²) in [5, 5.41) is 8.80. The van der Waals surface area contributed by atoms with E-state index in [0.717, 1.165) is 25.4 Å². The van der Waals surface area contributed by atoms with Crippen LogP contribution in [0.15, 0.2) is 22.8 Å². The molecule has 3 heteroatoms. The molecule has 1 aliphatic carbocycles. The van der Waals surface area contributed by atoms with Crippen LogP contribution in [0, 0.1) is 16.7 Å². The molecule has 1 fully saturated rings. The maximum atomic E-state index is 8.80. The predicted octanol–water partition coefficient (Wildman–Crippen LogP) is 2.80. The number of furan rings is 1. The first-order valence-corrected chi connectivity index (χ1v) is 5.90. The Morgan fingerprint density at radius 2 is 2.38 bits per heavy atom. The van der Waals surface area contributed by atoms with Crippen molar-refractivity contribution in [3.8, 4) is 6.07 Å². The molecule has 2 rings (SSSR count). The van der Waals surface area contributed by atoms with Crippen LogP contribution in [0.4, 0.5) is 0 Å². The van der Waals surface area contributed by atoms with Crippen molar-refractivity contribution in [3.05, 3.63) is 24.2 Å². The van der Waals surface area contributed by atoms with Gasteiger partial charge in [0.15, 0.2) is 0 Å². The highest BCUT2D eigenvalue weighted by Gasteiger charge is 2.43. The van der Waals surface area contributed by atoms with Gasteiger partial charge in [-0.15, -0.1) is 0 Å². The molecule has 1 heterocycles. The first-order chi connectivity index (χ1) is 7.78. The van der Waals surface area contributed by atoms with Crippen molar-refractivity contribution in [2.45, 2.75) is 32.7 Å². The average Bonchev–Trinajstić information content (AvgIpc) is 2.84. The van der Waals surface area contributed by atoms with E-state index in [2.05, 4.69) is 17.9 Å². The second-order valence-electron chi connectivity index (χ2n) is 4.72. The molecule has 0 N–H and O–H groups in total. The molecule has 0 unspecified atom stereocenters. The summed E-state index contributed by atoms with van der Waals surface area (Å²) in [5.41, 5.74) is 0.289. The SMILES string of the molecule is CCN(Cc1ccco1)CC1(CC#N)CC1. The third-order valence-corrected chi connectivity index (χ3v) is 3.38. The molecule has 1 aromatic heterocycles. The first kappa shape index (κ1) is 11.2. The van der Waals surface area contributed by atoms with Gasteiger partial charge < -0.3 is 4.42 Å². The van der Waals surface area contributed by atoms with E-state index in [4.69, 9.17) is 9.68 Å². The largest absolute Gasteiger partial charge is 0.468 e. The summed E-state index contributed by atoms with van der Waals surface area (Å²) in [5.74, 6) is 1.01. The molecule has 0 bridgehead atoms. The van der Waals surface area contributed by atoms with Gasteiger partial charge in [-0.25, -0.2) is 0 Å². The zero-order valence-electron chi connectivity index (χ0n) is 9.78. The molecule has 0 atom stereocenters. The van der Waals surface area contributed by atoms with Crippen molar-refractivity contribution in [3.63, 3.8) is 0 Å². The van der Waals surface area contributed by atoms with E-state index in [1.807, 2.05) is 12.1 Å². The zero-order valence-corrected chi connectivity index (χ0v) is 9.78. The lowest BCUT2D eigenvalue weighted by atomic mass is 10.0. The van der Waals surface area contributed by atoms with Crippen LogP contribution >= 0.6 is 0 Å². The quantitative estimate of drug-likeness (QED) is 0.737. The summed E-state index contributed by atoms with van der Waals surface area (Å²) < 4.78 is 5.35. The summed E-state index contributed by atoms with van der Waals surface area (Å²) >= 11 is 0. The summed E-state index contributed by atoms with van der Waals surface area (Å²) in [7, 11) is 0. The normalized spacial score (nSPS) is 17.3. The van der Waals surface area contributed by atoms with Crippen molar-refractivity contribution in [2.75, 3.05) is 13.1 Å². The Kier molecular flexibility index (Phi) is 3.31. The molecule has 1 aliphatic rings. The number of nitriles is 1. The molecule has 1 aromatic rings. The monoisotopic (exact) mass is 218 g/mol. The Balaban J connectivity index is 1.89. The molecular weight excluding hydrogens is 200 g/mol. The van der Waals surface area contributed by atoms with Gasteiger partial charge in [-0.1, -0.05) is 6.92 Å². The summed E-state index contributed by atoms with van der Waals surface area (Å²) in [6, 6.07) is 6.24. The van der Waals surface area contributed by atoms with Crippen molar-refractivity contribution in [1.82, 2.24) is 4.90 Å². The zero-order chi connectivity index (χ0) is 11.4. The lowest BCUT2D eigenvalue weighted by Crippen LogP contribution is -2.29. The Hall–Kier alpha value is -1.27. The molecule has 0 aliphatic heterocycles. The molecule has 0 saturated heterocycles. The average molecular weight is 218 g/mol. The van der Waals surface area contributed by atoms with Crippen LogP contribution in [0.3, 0.4) is 0 Å². The summed E-state index contributed by atoms with van der Waals surface area (Å²) in [6.45, 7) is 5.05. The van der Waals surface area contributed by atoms with Crippen molar-refractivity contribution in [2.24, 2.45) is 5.41 Å². The van der Waals surface area contributed by atoms with Crippen molar-refractivity contribution in [1.29, 1.82) is 5.26 Å². The second-order valence-corrected chi connectivity index (χ2v) is 4.72. The molecule has 0 amide bonds. The minimum Gasteiger partial charge on any atom is -0.468 e. The Morgan fingerprint density at radius 3 is 2.88 bits per heavy atom. The Labute approximate surface area is 96.7 Å². The van der Waals surface area contributed by atoms with Gasteiger partial charge in [0, 0.05) is 13.0 Å². The van der Waals surface area contributed by atoms with E-state index < -0.39 is 0 Å². The fourth-order valence-electron chi connectivity index (χ4n) is 2.11. The summed E-state index contributed by atoms with van der Waals surface area (Å²) in [6.07, 6.45) is 4.82. The predicted molar refractivity (Wildman–Crippen MR) is 61.6 cm³/mol. The third kappa shape index (κ3) is 2.65. The molecule has 0 radical (unpaired) electrons. The van der Waals surface area contributed by atoms with Gasteiger partial charge in [-0.05, 0) is 36.9 Å². The van der Waals surface area contributed by atoms with Gasteiger partial charge in [-0.2, -0.15) is 5.26 Å². The van der Waals surface area contributed by atoms with E-state index >= 15 is 0 Å². The lowest BCUT2D eigenvalue weighted by molar-refractivity contribution is 0.207.